The van der Waals surface area contributed by atoms with Crippen LogP contribution in [-0.4, -0.2) is 9.38 Å². The van der Waals surface area contributed by atoms with Gasteiger partial charge in [0.25, 0.3) is 0 Å². The number of rotatable bonds is 4. The Hall–Kier alpha value is -2.49. The molecular formula is C17H19N3O. The second-order valence-corrected chi connectivity index (χ2v) is 5.37. The van der Waals surface area contributed by atoms with Crippen LogP contribution in [0, 0.1) is 0 Å². The van der Waals surface area contributed by atoms with Gasteiger partial charge in [-0.15, -0.1) is 0 Å². The average Bonchev–Trinajstić information content (AvgIpc) is 2.84. The molecule has 108 valence electrons. The van der Waals surface area contributed by atoms with Gasteiger partial charge >= 0.3 is 0 Å². The number of ether oxygens (including phenoxy) is 1. The Morgan fingerprint density at radius 1 is 1.14 bits per heavy atom. The van der Waals surface area contributed by atoms with Crippen LogP contribution in [-0.2, 0) is 6.61 Å². The molecule has 2 N–H and O–H groups in total. The minimum atomic E-state index is 0.299. The second-order valence-electron chi connectivity index (χ2n) is 5.37. The average molecular weight is 281 g/mol. The van der Waals surface area contributed by atoms with Crippen LogP contribution in [0.1, 0.15) is 31.0 Å². The molecule has 0 aliphatic rings. The van der Waals surface area contributed by atoms with Gasteiger partial charge in [0.2, 0.25) is 0 Å². The van der Waals surface area contributed by atoms with E-state index in [2.05, 4.69) is 18.8 Å². The number of para-hydroxylation sites is 1. The Morgan fingerprint density at radius 2 is 1.90 bits per heavy atom. The highest BCUT2D eigenvalue weighted by Gasteiger charge is 2.14. The van der Waals surface area contributed by atoms with Gasteiger partial charge in [0.05, 0.1) is 5.69 Å². The maximum atomic E-state index is 6.18. The number of aromatic nitrogens is 2. The van der Waals surface area contributed by atoms with E-state index < -0.39 is 0 Å². The molecule has 2 heterocycles. The number of nitrogens with zero attached hydrogens (tertiary/aromatic N) is 2. The van der Waals surface area contributed by atoms with Gasteiger partial charge in [-0.05, 0) is 24.1 Å². The third-order valence-corrected chi connectivity index (χ3v) is 3.48. The summed E-state index contributed by atoms with van der Waals surface area (Å²) in [6.07, 6.45) is 1.94. The van der Waals surface area contributed by atoms with Crippen LogP contribution in [0.2, 0.25) is 0 Å². The van der Waals surface area contributed by atoms with E-state index >= 15 is 0 Å². The fraction of sp³-hybridized carbons (Fsp3) is 0.235. The molecule has 0 saturated carbocycles. The van der Waals surface area contributed by atoms with E-state index in [1.165, 1.54) is 0 Å². The van der Waals surface area contributed by atoms with Crippen LogP contribution >= 0.6 is 0 Å². The monoisotopic (exact) mass is 281 g/mol. The van der Waals surface area contributed by atoms with Crippen LogP contribution in [0.5, 0.6) is 5.75 Å². The molecule has 2 aromatic heterocycles. The van der Waals surface area contributed by atoms with E-state index in [1.807, 2.05) is 53.1 Å². The number of nitrogen functional groups attached to an aromatic ring is 1. The third kappa shape index (κ3) is 2.57. The highest BCUT2D eigenvalue weighted by Crippen LogP contribution is 2.24. The Labute approximate surface area is 124 Å². The van der Waals surface area contributed by atoms with Crippen molar-refractivity contribution in [2.75, 3.05) is 5.73 Å². The zero-order valence-corrected chi connectivity index (χ0v) is 12.3. The van der Waals surface area contributed by atoms with Crippen LogP contribution < -0.4 is 10.5 Å². The molecule has 0 unspecified atom stereocenters. The number of pyridine rings is 1. The molecule has 0 saturated heterocycles. The molecular weight excluding hydrogens is 262 g/mol. The topological polar surface area (TPSA) is 52.5 Å². The van der Waals surface area contributed by atoms with Crippen molar-refractivity contribution < 1.29 is 4.74 Å². The molecule has 0 fully saturated rings. The predicted molar refractivity (Wildman–Crippen MR) is 84.5 cm³/mol. The van der Waals surface area contributed by atoms with Gasteiger partial charge in [0, 0.05) is 11.8 Å². The Bertz CT molecular complexity index is 747. The summed E-state index contributed by atoms with van der Waals surface area (Å²) >= 11 is 0. The van der Waals surface area contributed by atoms with Gasteiger partial charge in [0.1, 0.15) is 23.8 Å². The number of imidazole rings is 1. The van der Waals surface area contributed by atoms with Crippen molar-refractivity contribution in [1.82, 2.24) is 9.38 Å². The summed E-state index contributed by atoms with van der Waals surface area (Å²) in [4.78, 5) is 4.68. The number of fused-ring (bicyclic) bond motifs is 1. The summed E-state index contributed by atoms with van der Waals surface area (Å²) < 4.78 is 7.75. The highest BCUT2D eigenvalue weighted by molar-refractivity contribution is 5.58. The van der Waals surface area contributed by atoms with Gasteiger partial charge in [-0.3, -0.25) is 4.40 Å². The minimum Gasteiger partial charge on any atom is -0.489 e. The van der Waals surface area contributed by atoms with Crippen molar-refractivity contribution in [3.63, 3.8) is 0 Å². The smallest absolute Gasteiger partial charge is 0.145 e. The maximum Gasteiger partial charge on any atom is 0.145 e. The summed E-state index contributed by atoms with van der Waals surface area (Å²) in [5, 5.41) is 0. The van der Waals surface area contributed by atoms with Gasteiger partial charge in [-0.2, -0.15) is 0 Å². The van der Waals surface area contributed by atoms with Crippen molar-refractivity contribution >= 4 is 11.5 Å². The molecule has 1 aromatic carbocycles. The molecule has 0 aliphatic heterocycles. The quantitative estimate of drug-likeness (QED) is 0.794. The van der Waals surface area contributed by atoms with E-state index in [0.717, 1.165) is 22.7 Å². The predicted octanol–water partition coefficient (Wildman–Crippen LogP) is 3.62. The van der Waals surface area contributed by atoms with E-state index in [4.69, 9.17) is 10.5 Å². The van der Waals surface area contributed by atoms with E-state index in [0.29, 0.717) is 18.3 Å². The summed E-state index contributed by atoms with van der Waals surface area (Å²) in [6.45, 7) is 4.67. The zero-order valence-electron chi connectivity index (χ0n) is 12.3. The standard InChI is InChI=1S/C17H19N3O/c1-12(2)15-16(18)20-10-6-7-13(17(20)19-15)11-21-14-8-4-3-5-9-14/h3-10,12H,11,18H2,1-2H3. The fourth-order valence-electron chi connectivity index (χ4n) is 2.38. The van der Waals surface area contributed by atoms with Crippen molar-refractivity contribution in [3.05, 3.63) is 59.9 Å². The maximum absolute atomic E-state index is 6.18. The van der Waals surface area contributed by atoms with Crippen molar-refractivity contribution in [1.29, 1.82) is 0 Å². The fourth-order valence-corrected chi connectivity index (χ4v) is 2.38. The first-order valence-electron chi connectivity index (χ1n) is 7.10. The number of benzene rings is 1. The van der Waals surface area contributed by atoms with Crippen molar-refractivity contribution in [2.24, 2.45) is 0 Å². The molecule has 0 aliphatic carbocycles. The molecule has 3 rings (SSSR count). The molecule has 21 heavy (non-hydrogen) atoms. The second kappa shape index (κ2) is 5.48. The van der Waals surface area contributed by atoms with Gasteiger partial charge in [0.15, 0.2) is 0 Å². The third-order valence-electron chi connectivity index (χ3n) is 3.48. The molecule has 3 aromatic rings. The summed E-state index contributed by atoms with van der Waals surface area (Å²) in [5.74, 6) is 1.86. The molecule has 4 heteroatoms. The molecule has 0 amide bonds. The normalized spacial score (nSPS) is 11.2. The van der Waals surface area contributed by atoms with Crippen molar-refractivity contribution in [2.45, 2.75) is 26.4 Å². The molecule has 0 radical (unpaired) electrons. The first kappa shape index (κ1) is 13.5. The van der Waals surface area contributed by atoms with Crippen molar-refractivity contribution in [3.8, 4) is 5.75 Å². The lowest BCUT2D eigenvalue weighted by Crippen LogP contribution is -2.00. The lowest BCUT2D eigenvalue weighted by atomic mass is 10.1. The molecule has 0 spiro atoms. The Balaban J connectivity index is 1.94. The largest absolute Gasteiger partial charge is 0.489 e. The van der Waals surface area contributed by atoms with Crippen LogP contribution in [0.3, 0.4) is 0 Å². The van der Waals surface area contributed by atoms with E-state index in [-0.39, 0.29) is 0 Å². The highest BCUT2D eigenvalue weighted by atomic mass is 16.5. The SMILES string of the molecule is CC(C)c1nc2c(COc3ccccc3)cccn2c1N. The number of nitrogens with two attached hydrogens (primary N) is 1. The minimum absolute atomic E-state index is 0.299. The Morgan fingerprint density at radius 3 is 2.62 bits per heavy atom. The molecule has 0 bridgehead atoms. The van der Waals surface area contributed by atoms with Crippen LogP contribution in [0.15, 0.2) is 48.7 Å². The summed E-state index contributed by atoms with van der Waals surface area (Å²) in [5.41, 5.74) is 9.01. The number of anilines is 1. The first-order valence-corrected chi connectivity index (χ1v) is 7.10. The van der Waals surface area contributed by atoms with Crippen LogP contribution in [0.25, 0.3) is 5.65 Å². The van der Waals surface area contributed by atoms with E-state index in [1.54, 1.807) is 0 Å². The van der Waals surface area contributed by atoms with E-state index in [9.17, 15) is 0 Å². The van der Waals surface area contributed by atoms with Crippen LogP contribution in [0.4, 0.5) is 5.82 Å². The number of hydrogen-bond acceptors (Lipinski definition) is 3. The molecule has 4 nitrogen and oxygen atoms in total. The van der Waals surface area contributed by atoms with Gasteiger partial charge in [-0.25, -0.2) is 4.98 Å². The molecule has 0 atom stereocenters. The Kier molecular flexibility index (Phi) is 3.52. The summed E-state index contributed by atoms with van der Waals surface area (Å²) in [6, 6.07) is 13.8. The first-order chi connectivity index (χ1) is 10.2. The lowest BCUT2D eigenvalue weighted by Gasteiger charge is -2.07. The zero-order chi connectivity index (χ0) is 14.8. The number of hydrogen-bond donors (Lipinski definition) is 1. The van der Waals surface area contributed by atoms with Gasteiger partial charge in [-0.1, -0.05) is 38.1 Å². The lowest BCUT2D eigenvalue weighted by molar-refractivity contribution is 0.307. The van der Waals surface area contributed by atoms with Gasteiger partial charge < -0.3 is 10.5 Å². The summed E-state index contributed by atoms with van der Waals surface area (Å²) in [7, 11) is 0.